The summed E-state index contributed by atoms with van der Waals surface area (Å²) in [6.45, 7) is -0.676. The van der Waals surface area contributed by atoms with E-state index < -0.39 is 39.2 Å². The van der Waals surface area contributed by atoms with Crippen LogP contribution in [0, 0.1) is 5.82 Å². The molecule has 0 bridgehead atoms. The maximum Gasteiger partial charge on any atom is 0.342 e. The molecule has 1 aromatic heterocycles. The van der Waals surface area contributed by atoms with Crippen LogP contribution in [0.3, 0.4) is 0 Å². The number of sulfonamides is 1. The molecule has 0 saturated heterocycles. The predicted octanol–water partition coefficient (Wildman–Crippen LogP) is 4.05. The van der Waals surface area contributed by atoms with Gasteiger partial charge in [-0.3, -0.25) is 14.8 Å². The molecule has 4 aromatic rings. The maximum absolute atomic E-state index is 14.0. The van der Waals surface area contributed by atoms with Crippen LogP contribution in [0.25, 0.3) is 10.2 Å². The van der Waals surface area contributed by atoms with Gasteiger partial charge >= 0.3 is 5.97 Å². The molecule has 192 valence electrons. The summed E-state index contributed by atoms with van der Waals surface area (Å²) in [6, 6.07) is 14.6. The Morgan fingerprint density at radius 3 is 2.46 bits per heavy atom. The van der Waals surface area contributed by atoms with Gasteiger partial charge in [0.15, 0.2) is 23.2 Å². The van der Waals surface area contributed by atoms with E-state index in [4.69, 9.17) is 14.2 Å². The minimum atomic E-state index is -4.35. The van der Waals surface area contributed by atoms with E-state index in [-0.39, 0.29) is 22.7 Å². The summed E-state index contributed by atoms with van der Waals surface area (Å²) in [7, 11) is -1.85. The first-order valence-electron chi connectivity index (χ1n) is 10.6. The van der Waals surface area contributed by atoms with Crippen LogP contribution >= 0.6 is 11.3 Å². The second-order valence-electron chi connectivity index (χ2n) is 7.40. The number of rotatable bonds is 9. The van der Waals surface area contributed by atoms with Crippen LogP contribution in [0.1, 0.15) is 10.4 Å². The summed E-state index contributed by atoms with van der Waals surface area (Å²) in [5.74, 6) is -2.68. The van der Waals surface area contributed by atoms with Crippen molar-refractivity contribution < 1.29 is 36.6 Å². The van der Waals surface area contributed by atoms with Crippen molar-refractivity contribution in [2.24, 2.45) is 0 Å². The van der Waals surface area contributed by atoms with E-state index in [2.05, 4.69) is 15.0 Å². The Balaban J connectivity index is 1.54. The van der Waals surface area contributed by atoms with Gasteiger partial charge in [-0.15, -0.1) is 0 Å². The fourth-order valence-electron chi connectivity index (χ4n) is 3.28. The predicted molar refractivity (Wildman–Crippen MR) is 135 cm³/mol. The molecule has 0 aliphatic rings. The number of hydrogen-bond donors (Lipinski definition) is 2. The highest BCUT2D eigenvalue weighted by Crippen LogP contribution is 2.35. The molecule has 10 nitrogen and oxygen atoms in total. The van der Waals surface area contributed by atoms with E-state index in [1.54, 1.807) is 6.07 Å². The lowest BCUT2D eigenvalue weighted by Gasteiger charge is -2.15. The minimum absolute atomic E-state index is 0.0928. The monoisotopic (exact) mass is 545 g/mol. The lowest BCUT2D eigenvalue weighted by atomic mass is 10.2. The number of para-hydroxylation sites is 2. The molecule has 2 N–H and O–H groups in total. The average molecular weight is 546 g/mol. The second kappa shape index (κ2) is 10.8. The zero-order chi connectivity index (χ0) is 26.6. The van der Waals surface area contributed by atoms with E-state index >= 15 is 0 Å². The molecule has 0 unspecified atom stereocenters. The van der Waals surface area contributed by atoms with Gasteiger partial charge in [0.25, 0.3) is 15.9 Å². The zero-order valence-electron chi connectivity index (χ0n) is 19.5. The molecule has 3 aromatic carbocycles. The first-order valence-corrected chi connectivity index (χ1v) is 12.9. The number of fused-ring (bicyclic) bond motifs is 1. The van der Waals surface area contributed by atoms with Gasteiger partial charge < -0.3 is 14.2 Å². The number of thiazole rings is 1. The number of halogens is 1. The molecular formula is C24H20FN3O7S2. The van der Waals surface area contributed by atoms with Crippen LogP contribution in [-0.4, -0.2) is 46.1 Å². The molecule has 0 fully saturated rings. The van der Waals surface area contributed by atoms with Crippen molar-refractivity contribution in [1.29, 1.82) is 0 Å². The summed E-state index contributed by atoms with van der Waals surface area (Å²) >= 11 is 1.25. The summed E-state index contributed by atoms with van der Waals surface area (Å²) in [6.07, 6.45) is 0. The summed E-state index contributed by atoms with van der Waals surface area (Å²) in [4.78, 5) is 29.1. The van der Waals surface area contributed by atoms with Crippen molar-refractivity contribution in [1.82, 2.24) is 4.98 Å². The lowest BCUT2D eigenvalue weighted by Crippen LogP contribution is -2.21. The zero-order valence-corrected chi connectivity index (χ0v) is 21.1. The van der Waals surface area contributed by atoms with E-state index in [9.17, 15) is 22.4 Å². The van der Waals surface area contributed by atoms with Crippen molar-refractivity contribution >= 4 is 54.3 Å². The number of ether oxygens (including phenoxy) is 3. The molecule has 13 heteroatoms. The van der Waals surface area contributed by atoms with Gasteiger partial charge in [-0.2, -0.15) is 0 Å². The van der Waals surface area contributed by atoms with Gasteiger partial charge in [0.05, 0.1) is 35.0 Å². The Hall–Kier alpha value is -4.23. The fraction of sp³-hybridized carbons (Fsp3) is 0.125. The Bertz CT molecular complexity index is 1560. The number of nitrogens with zero attached hydrogens (tertiary/aromatic N) is 1. The topological polar surface area (TPSA) is 133 Å². The molecule has 1 amide bonds. The molecule has 0 aliphatic carbocycles. The SMILES string of the molecule is COc1cc(S(=O)(=O)Nc2ccccc2F)cc(C(=O)OCC(=O)Nc2nc3ccccc3s2)c1OC. The third-order valence-corrected chi connectivity index (χ3v) is 7.27. The van der Waals surface area contributed by atoms with Gasteiger partial charge in [-0.25, -0.2) is 22.6 Å². The van der Waals surface area contributed by atoms with Crippen molar-refractivity contribution in [3.8, 4) is 11.5 Å². The summed E-state index contributed by atoms with van der Waals surface area (Å²) in [5.41, 5.74) is 0.107. The number of esters is 1. The van der Waals surface area contributed by atoms with Crippen LogP contribution in [0.2, 0.25) is 0 Å². The molecular weight excluding hydrogens is 525 g/mol. The third kappa shape index (κ3) is 5.78. The highest BCUT2D eigenvalue weighted by molar-refractivity contribution is 7.92. The molecule has 4 rings (SSSR count). The smallest absolute Gasteiger partial charge is 0.342 e. The number of aromatic nitrogens is 1. The Kier molecular flexibility index (Phi) is 7.55. The van der Waals surface area contributed by atoms with Crippen molar-refractivity contribution in [3.05, 3.63) is 72.0 Å². The van der Waals surface area contributed by atoms with Crippen LogP contribution < -0.4 is 19.5 Å². The van der Waals surface area contributed by atoms with Gasteiger partial charge in [0.1, 0.15) is 11.4 Å². The van der Waals surface area contributed by atoms with Gasteiger partial charge in [0, 0.05) is 6.07 Å². The Labute approximate surface area is 215 Å². The normalized spacial score (nSPS) is 11.1. The van der Waals surface area contributed by atoms with E-state index in [0.717, 1.165) is 22.9 Å². The molecule has 0 atom stereocenters. The molecule has 0 radical (unpaired) electrons. The number of benzene rings is 3. The standard InChI is InChI=1S/C24H20FN3O7S2/c1-33-19-12-14(37(31,32)28-17-8-4-3-7-16(17)25)11-15(22(19)34-2)23(30)35-13-21(29)27-24-26-18-9-5-6-10-20(18)36-24/h3-12,28H,13H2,1-2H3,(H,26,27,29). The van der Waals surface area contributed by atoms with Crippen LogP contribution in [-0.2, 0) is 19.6 Å². The Morgan fingerprint density at radius 2 is 1.76 bits per heavy atom. The molecule has 37 heavy (non-hydrogen) atoms. The Morgan fingerprint density at radius 1 is 1.03 bits per heavy atom. The highest BCUT2D eigenvalue weighted by Gasteiger charge is 2.26. The fourth-order valence-corrected chi connectivity index (χ4v) is 5.27. The number of amides is 1. The largest absolute Gasteiger partial charge is 0.493 e. The van der Waals surface area contributed by atoms with Crippen molar-refractivity contribution in [2.75, 3.05) is 30.9 Å². The van der Waals surface area contributed by atoms with Crippen LogP contribution in [0.5, 0.6) is 11.5 Å². The number of nitrogens with one attached hydrogen (secondary N) is 2. The number of hydrogen-bond acceptors (Lipinski definition) is 9. The first-order chi connectivity index (χ1) is 17.7. The molecule has 0 spiro atoms. The third-order valence-electron chi connectivity index (χ3n) is 4.98. The van der Waals surface area contributed by atoms with E-state index in [1.165, 1.54) is 43.8 Å². The first kappa shape index (κ1) is 25.9. The summed E-state index contributed by atoms with van der Waals surface area (Å²) < 4.78 is 58.4. The summed E-state index contributed by atoms with van der Waals surface area (Å²) in [5, 5.41) is 2.88. The minimum Gasteiger partial charge on any atom is -0.493 e. The number of anilines is 2. The van der Waals surface area contributed by atoms with Crippen molar-refractivity contribution in [2.45, 2.75) is 4.90 Å². The molecule has 0 aliphatic heterocycles. The molecule has 1 heterocycles. The highest BCUT2D eigenvalue weighted by atomic mass is 32.2. The number of methoxy groups -OCH3 is 2. The van der Waals surface area contributed by atoms with Crippen molar-refractivity contribution in [3.63, 3.8) is 0 Å². The van der Waals surface area contributed by atoms with Crippen LogP contribution in [0.4, 0.5) is 15.2 Å². The van der Waals surface area contributed by atoms with E-state index in [1.807, 2.05) is 18.2 Å². The maximum atomic E-state index is 14.0. The lowest BCUT2D eigenvalue weighted by molar-refractivity contribution is -0.119. The second-order valence-corrected chi connectivity index (χ2v) is 10.1. The van der Waals surface area contributed by atoms with Gasteiger partial charge in [0.2, 0.25) is 0 Å². The van der Waals surface area contributed by atoms with E-state index in [0.29, 0.717) is 10.6 Å². The van der Waals surface area contributed by atoms with Gasteiger partial charge in [-0.05, 0) is 30.3 Å². The quantitative estimate of drug-likeness (QED) is 0.301. The average Bonchev–Trinajstić information content (AvgIpc) is 3.29. The number of carbonyl (C=O) groups is 2. The van der Waals surface area contributed by atoms with Crippen LogP contribution in [0.15, 0.2) is 65.6 Å². The molecule has 0 saturated carbocycles. The number of carbonyl (C=O) groups excluding carboxylic acids is 2. The van der Waals surface area contributed by atoms with Gasteiger partial charge in [-0.1, -0.05) is 35.6 Å².